The third kappa shape index (κ3) is 5.68. The molecule has 1 aromatic carbocycles. The van der Waals surface area contributed by atoms with Crippen molar-refractivity contribution >= 4 is 35.1 Å². The third-order valence-electron chi connectivity index (χ3n) is 3.31. The number of nitrogens with one attached hydrogen (secondary N) is 1. The van der Waals surface area contributed by atoms with E-state index >= 15 is 0 Å². The Morgan fingerprint density at radius 2 is 1.96 bits per heavy atom. The average Bonchev–Trinajstić information content (AvgIpc) is 2.46. The van der Waals surface area contributed by atoms with E-state index in [1.807, 2.05) is 13.8 Å². The van der Waals surface area contributed by atoms with Crippen LogP contribution in [0.3, 0.4) is 0 Å². The van der Waals surface area contributed by atoms with Crippen molar-refractivity contribution in [3.05, 3.63) is 33.8 Å². The van der Waals surface area contributed by atoms with Crippen LogP contribution in [0.1, 0.15) is 39.2 Å². The lowest BCUT2D eigenvalue weighted by Gasteiger charge is -2.27. The minimum absolute atomic E-state index is 0.0959. The number of carboxylic acids is 1. The molecule has 0 bridgehead atoms. The molecule has 1 atom stereocenters. The Morgan fingerprint density at radius 3 is 2.48 bits per heavy atom. The first kappa shape index (κ1) is 19.7. The molecular formula is C16H21Cl2NO4. The molecule has 0 aromatic heterocycles. The summed E-state index contributed by atoms with van der Waals surface area (Å²) in [4.78, 5) is 23.7. The Hall–Kier alpha value is -1.30. The predicted octanol–water partition coefficient (Wildman–Crippen LogP) is 3.61. The van der Waals surface area contributed by atoms with Crippen LogP contribution >= 0.6 is 23.2 Å². The highest BCUT2D eigenvalue weighted by Crippen LogP contribution is 2.29. The Balaban J connectivity index is 2.79. The van der Waals surface area contributed by atoms with Crippen LogP contribution in [0, 0.1) is 0 Å². The second-order valence-corrected chi connectivity index (χ2v) is 6.44. The van der Waals surface area contributed by atoms with Crippen LogP contribution in [0.4, 0.5) is 0 Å². The van der Waals surface area contributed by atoms with Gasteiger partial charge in [-0.25, -0.2) is 4.79 Å². The molecule has 128 valence electrons. The molecule has 1 unspecified atom stereocenters. The number of rotatable bonds is 8. The van der Waals surface area contributed by atoms with E-state index in [2.05, 4.69) is 5.32 Å². The molecule has 0 saturated carbocycles. The number of benzene rings is 1. The zero-order chi connectivity index (χ0) is 17.6. The van der Waals surface area contributed by atoms with Gasteiger partial charge in [0.05, 0.1) is 16.1 Å². The second kappa shape index (κ2) is 8.52. The molecule has 1 amide bonds. The number of carboxylic acid groups (broad SMARTS) is 1. The van der Waals surface area contributed by atoms with Crippen LogP contribution in [0.2, 0.25) is 10.0 Å². The maximum atomic E-state index is 12.0. The van der Waals surface area contributed by atoms with Crippen molar-refractivity contribution < 1.29 is 19.4 Å². The summed E-state index contributed by atoms with van der Waals surface area (Å²) >= 11 is 11.8. The molecule has 0 aliphatic heterocycles. The summed E-state index contributed by atoms with van der Waals surface area (Å²) in [6, 6.07) is 4.48. The van der Waals surface area contributed by atoms with Gasteiger partial charge in [0.15, 0.2) is 5.54 Å². The molecular weight excluding hydrogens is 341 g/mol. The largest absolute Gasteiger partial charge is 0.479 e. The van der Waals surface area contributed by atoms with Crippen LogP contribution in [0.15, 0.2) is 18.2 Å². The second-order valence-electron chi connectivity index (χ2n) is 5.63. The first-order valence-electron chi connectivity index (χ1n) is 7.28. The Kier molecular flexibility index (Phi) is 7.32. The van der Waals surface area contributed by atoms with Gasteiger partial charge >= 0.3 is 5.97 Å². The van der Waals surface area contributed by atoms with E-state index in [1.54, 1.807) is 0 Å². The van der Waals surface area contributed by atoms with E-state index in [0.29, 0.717) is 23.6 Å². The van der Waals surface area contributed by atoms with Crippen LogP contribution < -0.4 is 5.32 Å². The molecule has 0 aliphatic carbocycles. The zero-order valence-corrected chi connectivity index (χ0v) is 14.9. The van der Waals surface area contributed by atoms with Crippen molar-refractivity contribution in [2.75, 3.05) is 6.61 Å². The van der Waals surface area contributed by atoms with Gasteiger partial charge in [0, 0.05) is 13.0 Å². The molecule has 0 heterocycles. The number of ether oxygens (including phenoxy) is 1. The van der Waals surface area contributed by atoms with E-state index in [-0.39, 0.29) is 23.5 Å². The minimum Gasteiger partial charge on any atom is -0.479 e. The highest BCUT2D eigenvalue weighted by molar-refractivity contribution is 6.42. The molecule has 23 heavy (non-hydrogen) atoms. The van der Waals surface area contributed by atoms with Gasteiger partial charge in [-0.05, 0) is 44.9 Å². The lowest BCUT2D eigenvalue weighted by molar-refractivity contribution is -0.147. The third-order valence-corrected chi connectivity index (χ3v) is 4.05. The summed E-state index contributed by atoms with van der Waals surface area (Å²) in [6.07, 6.45) is 0.788. The summed E-state index contributed by atoms with van der Waals surface area (Å²) in [6.45, 7) is 5.68. The first-order chi connectivity index (χ1) is 10.7. The smallest absolute Gasteiger partial charge is 0.333 e. The predicted molar refractivity (Wildman–Crippen MR) is 89.9 cm³/mol. The number of amides is 1. The maximum absolute atomic E-state index is 12.0. The molecule has 7 heteroatoms. The monoisotopic (exact) mass is 361 g/mol. The fraction of sp³-hybridized carbons (Fsp3) is 0.500. The molecule has 1 rings (SSSR count). The molecule has 5 nitrogen and oxygen atoms in total. The van der Waals surface area contributed by atoms with Crippen molar-refractivity contribution in [2.24, 2.45) is 0 Å². The molecule has 0 spiro atoms. The highest BCUT2D eigenvalue weighted by atomic mass is 35.5. The van der Waals surface area contributed by atoms with Crippen molar-refractivity contribution in [3.63, 3.8) is 0 Å². The molecule has 1 aromatic rings. The van der Waals surface area contributed by atoms with E-state index in [0.717, 1.165) is 0 Å². The van der Waals surface area contributed by atoms with Crippen molar-refractivity contribution in [2.45, 2.75) is 45.3 Å². The van der Waals surface area contributed by atoms with Gasteiger partial charge in [-0.3, -0.25) is 4.79 Å². The topological polar surface area (TPSA) is 75.6 Å². The van der Waals surface area contributed by atoms with Crippen molar-refractivity contribution in [1.29, 1.82) is 0 Å². The van der Waals surface area contributed by atoms with Gasteiger partial charge in [0.2, 0.25) is 5.91 Å². The summed E-state index contributed by atoms with van der Waals surface area (Å²) in [5.74, 6) is -1.55. The SMILES string of the molecule is CC(C)OCCCC(=O)NC(C)(C(=O)O)c1ccc(Cl)c(Cl)c1. The fourth-order valence-corrected chi connectivity index (χ4v) is 2.25. The van der Waals surface area contributed by atoms with Gasteiger partial charge in [-0.2, -0.15) is 0 Å². The van der Waals surface area contributed by atoms with Gasteiger partial charge in [-0.1, -0.05) is 29.3 Å². The molecule has 0 saturated heterocycles. The van der Waals surface area contributed by atoms with Crippen LogP contribution in [0.5, 0.6) is 0 Å². The lowest BCUT2D eigenvalue weighted by Crippen LogP contribution is -2.49. The van der Waals surface area contributed by atoms with Crippen molar-refractivity contribution in [3.8, 4) is 0 Å². The normalized spacial score (nSPS) is 13.7. The van der Waals surface area contributed by atoms with E-state index in [4.69, 9.17) is 27.9 Å². The first-order valence-corrected chi connectivity index (χ1v) is 8.04. The molecule has 0 fully saturated rings. The maximum Gasteiger partial charge on any atom is 0.333 e. The molecule has 0 aliphatic rings. The van der Waals surface area contributed by atoms with Crippen LogP contribution in [-0.4, -0.2) is 29.7 Å². The summed E-state index contributed by atoms with van der Waals surface area (Å²) in [5, 5.41) is 12.6. The summed E-state index contributed by atoms with van der Waals surface area (Å²) in [5.41, 5.74) is -1.23. The fourth-order valence-electron chi connectivity index (χ4n) is 1.95. The van der Waals surface area contributed by atoms with Gasteiger partial charge < -0.3 is 15.2 Å². The lowest BCUT2D eigenvalue weighted by atomic mass is 9.91. The van der Waals surface area contributed by atoms with Gasteiger partial charge in [-0.15, -0.1) is 0 Å². The van der Waals surface area contributed by atoms with Gasteiger partial charge in [0.1, 0.15) is 0 Å². The summed E-state index contributed by atoms with van der Waals surface area (Å²) in [7, 11) is 0. The number of hydrogen-bond acceptors (Lipinski definition) is 3. The van der Waals surface area contributed by atoms with E-state index in [1.165, 1.54) is 25.1 Å². The summed E-state index contributed by atoms with van der Waals surface area (Å²) < 4.78 is 5.35. The van der Waals surface area contributed by atoms with E-state index < -0.39 is 11.5 Å². The standard InChI is InChI=1S/C16H21Cl2NO4/c1-10(2)23-8-4-5-14(20)19-16(3,15(21)22)11-6-7-12(17)13(18)9-11/h6-7,9-10H,4-5,8H2,1-3H3,(H,19,20)(H,21,22). The number of aliphatic carboxylic acids is 1. The van der Waals surface area contributed by atoms with E-state index in [9.17, 15) is 14.7 Å². The number of halogens is 2. The van der Waals surface area contributed by atoms with Crippen molar-refractivity contribution in [1.82, 2.24) is 5.32 Å². The molecule has 0 radical (unpaired) electrons. The number of hydrogen-bond donors (Lipinski definition) is 2. The zero-order valence-electron chi connectivity index (χ0n) is 13.4. The minimum atomic E-state index is -1.58. The van der Waals surface area contributed by atoms with Crippen LogP contribution in [0.25, 0.3) is 0 Å². The number of carbonyl (C=O) groups excluding carboxylic acids is 1. The Morgan fingerprint density at radius 1 is 1.30 bits per heavy atom. The highest BCUT2D eigenvalue weighted by Gasteiger charge is 2.37. The van der Waals surface area contributed by atoms with Gasteiger partial charge in [0.25, 0.3) is 0 Å². The Labute approximate surface area is 145 Å². The van der Waals surface area contributed by atoms with Crippen LogP contribution in [-0.2, 0) is 19.9 Å². The average molecular weight is 362 g/mol. The molecule has 2 N–H and O–H groups in total. The quantitative estimate of drug-likeness (QED) is 0.693. The Bertz CT molecular complexity index is 577. The number of carbonyl (C=O) groups is 2.